The lowest BCUT2D eigenvalue weighted by Gasteiger charge is -2.27. The molecule has 0 saturated carbocycles. The highest BCUT2D eigenvalue weighted by Gasteiger charge is 2.24. The lowest BCUT2D eigenvalue weighted by Crippen LogP contribution is -2.50. The van der Waals surface area contributed by atoms with Crippen molar-refractivity contribution < 1.29 is 19.4 Å². The van der Waals surface area contributed by atoms with E-state index in [1.165, 1.54) is 0 Å². The number of carbonyl (C=O) groups excluding carboxylic acids is 1. The summed E-state index contributed by atoms with van der Waals surface area (Å²) in [6.45, 7) is 6.82. The first kappa shape index (κ1) is 22.7. The number of alkyl carbamates (subject to hydrolysis) is 1. The van der Waals surface area contributed by atoms with Crippen LogP contribution >= 0.6 is 0 Å². The molecular weight excluding hydrogens is 368 g/mol. The van der Waals surface area contributed by atoms with Gasteiger partial charge in [0.15, 0.2) is 0 Å². The summed E-state index contributed by atoms with van der Waals surface area (Å²) in [4.78, 5) is 12.2. The Morgan fingerprint density at radius 1 is 1.03 bits per heavy atom. The fourth-order valence-electron chi connectivity index (χ4n) is 2.76. The topological polar surface area (TPSA) is 79.8 Å². The van der Waals surface area contributed by atoms with E-state index in [2.05, 4.69) is 10.6 Å². The van der Waals surface area contributed by atoms with Gasteiger partial charge in [0, 0.05) is 13.1 Å². The highest BCUT2D eigenvalue weighted by molar-refractivity contribution is 5.68. The van der Waals surface area contributed by atoms with E-state index >= 15 is 0 Å². The molecule has 0 radical (unpaired) electrons. The van der Waals surface area contributed by atoms with Crippen LogP contribution in [0.3, 0.4) is 0 Å². The lowest BCUT2D eigenvalue weighted by atomic mass is 10.0. The van der Waals surface area contributed by atoms with Crippen LogP contribution in [0.25, 0.3) is 0 Å². The van der Waals surface area contributed by atoms with Gasteiger partial charge in [0.1, 0.15) is 18.0 Å². The molecule has 0 fully saturated rings. The summed E-state index contributed by atoms with van der Waals surface area (Å²) in [6, 6.07) is 18.8. The summed E-state index contributed by atoms with van der Waals surface area (Å²) >= 11 is 0. The van der Waals surface area contributed by atoms with Gasteiger partial charge in [0.05, 0.1) is 12.1 Å². The van der Waals surface area contributed by atoms with E-state index in [1.807, 2.05) is 81.4 Å². The second kappa shape index (κ2) is 11.4. The van der Waals surface area contributed by atoms with Gasteiger partial charge in [-0.15, -0.1) is 0 Å². The molecular formula is C23H32N2O4. The molecule has 0 saturated heterocycles. The van der Waals surface area contributed by atoms with E-state index in [-0.39, 0.29) is 0 Å². The molecule has 3 N–H and O–H groups in total. The van der Waals surface area contributed by atoms with E-state index < -0.39 is 23.8 Å². The van der Waals surface area contributed by atoms with Crippen molar-refractivity contribution in [2.24, 2.45) is 0 Å². The van der Waals surface area contributed by atoms with Crippen LogP contribution in [0.2, 0.25) is 0 Å². The Bertz CT molecular complexity index is 717. The first-order chi connectivity index (χ1) is 13.8. The zero-order valence-corrected chi connectivity index (χ0v) is 17.4. The number of ether oxygens (including phenoxy) is 2. The number of aliphatic hydroxyl groups is 1. The van der Waals surface area contributed by atoms with Gasteiger partial charge in [-0.1, -0.05) is 48.5 Å². The second-order valence-corrected chi connectivity index (χ2v) is 7.88. The zero-order chi connectivity index (χ0) is 21.1. The van der Waals surface area contributed by atoms with Crippen LogP contribution in [-0.4, -0.2) is 48.6 Å². The molecule has 29 heavy (non-hydrogen) atoms. The fraction of sp³-hybridized carbons (Fsp3) is 0.435. The Kier molecular flexibility index (Phi) is 8.96. The smallest absolute Gasteiger partial charge is 0.407 e. The number of hydrogen-bond donors (Lipinski definition) is 3. The standard InChI is InChI=1S/C23H32N2O4/c1-23(2,3)29-22(27)25-20(16-18-10-6-4-7-11-18)21(26)17-24-14-15-28-19-12-8-5-9-13-19/h4-13,20-21,24,26H,14-17H2,1-3H3,(H,25,27)/t20-,21+/m0/s1. The van der Waals surface area contributed by atoms with Crippen molar-refractivity contribution in [3.63, 3.8) is 0 Å². The van der Waals surface area contributed by atoms with Crippen molar-refractivity contribution in [3.8, 4) is 5.75 Å². The van der Waals surface area contributed by atoms with Crippen molar-refractivity contribution in [2.75, 3.05) is 19.7 Å². The van der Waals surface area contributed by atoms with E-state index in [9.17, 15) is 9.90 Å². The zero-order valence-electron chi connectivity index (χ0n) is 17.4. The van der Waals surface area contributed by atoms with Gasteiger partial charge in [-0.3, -0.25) is 0 Å². The van der Waals surface area contributed by atoms with E-state index in [4.69, 9.17) is 9.47 Å². The quantitative estimate of drug-likeness (QED) is 0.534. The van der Waals surface area contributed by atoms with Crippen LogP contribution in [-0.2, 0) is 11.2 Å². The minimum absolute atomic E-state index is 0.325. The SMILES string of the molecule is CC(C)(C)OC(=O)N[C@@H](Cc1ccccc1)[C@H](O)CNCCOc1ccccc1. The molecule has 0 aliphatic heterocycles. The van der Waals surface area contributed by atoms with E-state index in [0.29, 0.717) is 26.1 Å². The maximum atomic E-state index is 12.2. The highest BCUT2D eigenvalue weighted by atomic mass is 16.6. The number of hydrogen-bond acceptors (Lipinski definition) is 5. The minimum atomic E-state index is -0.778. The summed E-state index contributed by atoms with van der Waals surface area (Å²) in [7, 11) is 0. The molecule has 1 amide bonds. The van der Waals surface area contributed by atoms with E-state index in [1.54, 1.807) is 0 Å². The van der Waals surface area contributed by atoms with Gasteiger partial charge < -0.3 is 25.2 Å². The fourth-order valence-corrected chi connectivity index (χ4v) is 2.76. The van der Waals surface area contributed by atoms with Crippen molar-refractivity contribution in [1.82, 2.24) is 10.6 Å². The summed E-state index contributed by atoms with van der Waals surface area (Å²) in [6.07, 6.45) is -0.812. The number of nitrogens with one attached hydrogen (secondary N) is 2. The Hall–Kier alpha value is -2.57. The predicted molar refractivity (Wildman–Crippen MR) is 114 cm³/mol. The number of carbonyl (C=O) groups is 1. The molecule has 0 aliphatic rings. The van der Waals surface area contributed by atoms with Gasteiger partial charge in [-0.25, -0.2) is 4.79 Å². The van der Waals surface area contributed by atoms with Crippen LogP contribution in [0.1, 0.15) is 26.3 Å². The van der Waals surface area contributed by atoms with Crippen LogP contribution in [0.15, 0.2) is 60.7 Å². The van der Waals surface area contributed by atoms with Gasteiger partial charge in [-0.05, 0) is 44.9 Å². The average Bonchev–Trinajstić information content (AvgIpc) is 2.67. The first-order valence-electron chi connectivity index (χ1n) is 9.93. The molecule has 0 aromatic heterocycles. The molecule has 0 aliphatic carbocycles. The monoisotopic (exact) mass is 400 g/mol. The molecule has 0 heterocycles. The lowest BCUT2D eigenvalue weighted by molar-refractivity contribution is 0.0422. The van der Waals surface area contributed by atoms with Crippen LogP contribution in [0.4, 0.5) is 4.79 Å². The van der Waals surface area contributed by atoms with E-state index in [0.717, 1.165) is 11.3 Å². The molecule has 2 rings (SSSR count). The van der Waals surface area contributed by atoms with Crippen LogP contribution in [0, 0.1) is 0 Å². The van der Waals surface area contributed by atoms with Crippen LogP contribution in [0.5, 0.6) is 5.75 Å². The largest absolute Gasteiger partial charge is 0.492 e. The molecule has 6 nitrogen and oxygen atoms in total. The van der Waals surface area contributed by atoms with Crippen molar-refractivity contribution in [2.45, 2.75) is 44.9 Å². The molecule has 0 unspecified atom stereocenters. The Labute approximate surface area is 173 Å². The summed E-state index contributed by atoms with van der Waals surface area (Å²) in [5.41, 5.74) is 0.430. The second-order valence-electron chi connectivity index (χ2n) is 7.88. The molecule has 0 spiro atoms. The third-order valence-electron chi connectivity index (χ3n) is 4.11. The summed E-state index contributed by atoms with van der Waals surface area (Å²) in [5.74, 6) is 0.809. The first-order valence-corrected chi connectivity index (χ1v) is 9.93. The molecule has 0 bridgehead atoms. The molecule has 2 aromatic carbocycles. The summed E-state index contributed by atoms with van der Waals surface area (Å²) < 4.78 is 11.0. The molecule has 6 heteroatoms. The number of rotatable bonds is 10. The average molecular weight is 401 g/mol. The molecule has 2 aromatic rings. The third-order valence-corrected chi connectivity index (χ3v) is 4.11. The number of para-hydroxylation sites is 1. The maximum Gasteiger partial charge on any atom is 0.407 e. The maximum absolute atomic E-state index is 12.2. The van der Waals surface area contributed by atoms with Crippen LogP contribution < -0.4 is 15.4 Å². The molecule has 2 atom stereocenters. The number of benzene rings is 2. The van der Waals surface area contributed by atoms with Crippen molar-refractivity contribution in [3.05, 3.63) is 66.2 Å². The highest BCUT2D eigenvalue weighted by Crippen LogP contribution is 2.10. The number of amides is 1. The van der Waals surface area contributed by atoms with Crippen molar-refractivity contribution >= 4 is 6.09 Å². The third kappa shape index (κ3) is 9.45. The number of aliphatic hydroxyl groups excluding tert-OH is 1. The Morgan fingerprint density at radius 3 is 2.28 bits per heavy atom. The Morgan fingerprint density at radius 2 is 1.66 bits per heavy atom. The van der Waals surface area contributed by atoms with Gasteiger partial charge >= 0.3 is 6.09 Å². The summed E-state index contributed by atoms with van der Waals surface area (Å²) in [5, 5.41) is 16.6. The Balaban J connectivity index is 1.84. The van der Waals surface area contributed by atoms with Gasteiger partial charge in [0.25, 0.3) is 0 Å². The minimum Gasteiger partial charge on any atom is -0.492 e. The molecule has 158 valence electrons. The van der Waals surface area contributed by atoms with Crippen molar-refractivity contribution in [1.29, 1.82) is 0 Å². The van der Waals surface area contributed by atoms with Gasteiger partial charge in [-0.2, -0.15) is 0 Å². The predicted octanol–water partition coefficient (Wildman–Crippen LogP) is 3.15. The normalized spacial score (nSPS) is 13.4. The van der Waals surface area contributed by atoms with Gasteiger partial charge in [0.2, 0.25) is 0 Å².